The number of anilines is 1. The number of nitrogens with zero attached hydrogens (tertiary/aromatic N) is 6. The van der Waals surface area contributed by atoms with Gasteiger partial charge in [0.2, 0.25) is 17.7 Å². The zero-order valence-corrected chi connectivity index (χ0v) is 25.4. The van der Waals surface area contributed by atoms with Crippen LogP contribution < -0.4 is 10.6 Å². The number of pyridine rings is 1. The number of nitrogens with one attached hydrogen (secondary N) is 2. The molecule has 220 valence electrons. The maximum atomic E-state index is 14.0. The molecule has 1 saturated heterocycles. The number of hydrogen-bond donors (Lipinski definition) is 2. The minimum Gasteiger partial charge on any atom is -0.356 e. The Balaban J connectivity index is 1.30. The van der Waals surface area contributed by atoms with E-state index in [2.05, 4.69) is 46.6 Å². The van der Waals surface area contributed by atoms with Gasteiger partial charge in [0.15, 0.2) is 5.78 Å². The Morgan fingerprint density at radius 3 is 2.51 bits per heavy atom. The maximum Gasteiger partial charge on any atom is 0.248 e. The third kappa shape index (κ3) is 5.52. The van der Waals surface area contributed by atoms with Gasteiger partial charge in [0.05, 0.1) is 5.52 Å². The molecule has 2 N–H and O–H groups in total. The lowest BCUT2D eigenvalue weighted by Crippen LogP contribution is -2.46. The van der Waals surface area contributed by atoms with Crippen molar-refractivity contribution in [3.8, 4) is 11.1 Å². The molecule has 3 amide bonds. The number of aromatic nitrogens is 5. The first-order valence-electron chi connectivity index (χ1n) is 13.8. The Bertz CT molecular complexity index is 1790. The van der Waals surface area contributed by atoms with Crippen molar-refractivity contribution in [1.82, 2.24) is 34.9 Å². The number of likely N-dealkylation sites (tertiary alicyclic amines) is 1. The van der Waals surface area contributed by atoms with Gasteiger partial charge in [0.25, 0.3) is 0 Å². The summed E-state index contributed by atoms with van der Waals surface area (Å²) < 4.78 is 2.09. The Kier molecular flexibility index (Phi) is 7.28. The standard InChI is InChI=1S/C30H29BrN8O4/c1-16(40)28-21-9-19(20-12-32-17(2)33-13-20)7-8-22(21)38(37-28)14-27(42)39-23(10-30(11-24(30)39)15-34-18(3)41)29(43)36-26-6-4-5-25(31)35-26/h4-9,12-13,23-24H,10-11,14-15H2,1-3H3,(H,34,41)(H,35,36,43)/t23-,24?,30-/m0/s1. The average Bonchev–Trinajstić information content (AvgIpc) is 3.39. The lowest BCUT2D eigenvalue weighted by Gasteiger charge is -2.27. The van der Waals surface area contributed by atoms with Crippen molar-refractivity contribution in [3.05, 3.63) is 64.9 Å². The van der Waals surface area contributed by atoms with E-state index in [-0.39, 0.29) is 47.2 Å². The Hall–Kier alpha value is -4.52. The molecule has 3 aromatic heterocycles. The minimum atomic E-state index is -0.761. The molecular weight excluding hydrogens is 616 g/mol. The van der Waals surface area contributed by atoms with E-state index in [1.807, 2.05) is 18.2 Å². The highest BCUT2D eigenvalue weighted by Crippen LogP contribution is 2.59. The van der Waals surface area contributed by atoms with E-state index in [0.717, 1.165) is 11.1 Å². The Labute approximate surface area is 255 Å². The van der Waals surface area contributed by atoms with Crippen molar-refractivity contribution in [2.75, 3.05) is 11.9 Å². The zero-order valence-electron chi connectivity index (χ0n) is 23.8. The second-order valence-corrected chi connectivity index (χ2v) is 12.0. The summed E-state index contributed by atoms with van der Waals surface area (Å²) >= 11 is 3.31. The van der Waals surface area contributed by atoms with Gasteiger partial charge in [-0.2, -0.15) is 5.10 Å². The van der Waals surface area contributed by atoms with Crippen LogP contribution in [0.5, 0.6) is 0 Å². The SMILES string of the molecule is CC(=O)NC[C@]12CC1N(C(=O)Cn1nc(C(C)=O)c3cc(-c4cnc(C)nc4)ccc31)[C@H](C(=O)Nc1cccc(Br)n1)C2. The lowest BCUT2D eigenvalue weighted by molar-refractivity contribution is -0.138. The number of ketones is 1. The molecule has 1 unspecified atom stereocenters. The zero-order chi connectivity index (χ0) is 30.5. The van der Waals surface area contributed by atoms with E-state index in [1.165, 1.54) is 18.5 Å². The molecule has 0 spiro atoms. The van der Waals surface area contributed by atoms with E-state index in [9.17, 15) is 19.2 Å². The summed E-state index contributed by atoms with van der Waals surface area (Å²) in [4.78, 5) is 66.2. The van der Waals surface area contributed by atoms with Crippen molar-refractivity contribution in [1.29, 1.82) is 0 Å². The molecule has 1 aromatic carbocycles. The van der Waals surface area contributed by atoms with Crippen LogP contribution in [0.4, 0.5) is 5.82 Å². The number of piperidine rings is 1. The number of rotatable bonds is 8. The van der Waals surface area contributed by atoms with Crippen LogP contribution in [-0.4, -0.2) is 71.8 Å². The van der Waals surface area contributed by atoms with E-state index < -0.39 is 6.04 Å². The normalized spacial score (nSPS) is 20.5. The van der Waals surface area contributed by atoms with Crippen molar-refractivity contribution >= 4 is 56.2 Å². The monoisotopic (exact) mass is 644 g/mol. The molecule has 3 atom stereocenters. The van der Waals surface area contributed by atoms with Crippen molar-refractivity contribution < 1.29 is 19.2 Å². The molecule has 43 heavy (non-hydrogen) atoms. The fraction of sp³-hybridized carbons (Fsp3) is 0.333. The molecule has 2 fully saturated rings. The molecule has 0 bridgehead atoms. The lowest BCUT2D eigenvalue weighted by atomic mass is 9.99. The Morgan fingerprint density at radius 1 is 1.05 bits per heavy atom. The van der Waals surface area contributed by atoms with E-state index >= 15 is 0 Å². The van der Waals surface area contributed by atoms with Gasteiger partial charge in [-0.15, -0.1) is 0 Å². The number of halogens is 1. The number of amides is 3. The number of carbonyl (C=O) groups is 4. The van der Waals surface area contributed by atoms with Crippen LogP contribution in [0.15, 0.2) is 53.4 Å². The molecule has 6 rings (SSSR count). The first kappa shape index (κ1) is 28.6. The highest BCUT2D eigenvalue weighted by Gasteiger charge is 2.67. The highest BCUT2D eigenvalue weighted by atomic mass is 79.9. The van der Waals surface area contributed by atoms with Crippen LogP contribution in [-0.2, 0) is 20.9 Å². The second-order valence-electron chi connectivity index (χ2n) is 11.2. The molecule has 1 aliphatic heterocycles. The summed E-state index contributed by atoms with van der Waals surface area (Å²) in [7, 11) is 0. The van der Waals surface area contributed by atoms with Crippen molar-refractivity contribution in [2.45, 2.75) is 52.2 Å². The number of carbonyl (C=O) groups excluding carboxylic acids is 4. The maximum absolute atomic E-state index is 14.0. The smallest absolute Gasteiger partial charge is 0.248 e. The first-order chi connectivity index (χ1) is 20.5. The van der Waals surface area contributed by atoms with E-state index in [0.29, 0.717) is 46.5 Å². The summed E-state index contributed by atoms with van der Waals surface area (Å²) in [6.45, 7) is 4.90. The molecule has 0 radical (unpaired) electrons. The van der Waals surface area contributed by atoms with Crippen LogP contribution in [0.3, 0.4) is 0 Å². The topological polar surface area (TPSA) is 152 Å². The minimum absolute atomic E-state index is 0.164. The second kappa shape index (κ2) is 11.0. The molecule has 4 aromatic rings. The van der Waals surface area contributed by atoms with Crippen LogP contribution >= 0.6 is 15.9 Å². The quantitative estimate of drug-likeness (QED) is 0.219. The number of aryl methyl sites for hydroxylation is 1. The van der Waals surface area contributed by atoms with Gasteiger partial charge >= 0.3 is 0 Å². The molecule has 1 saturated carbocycles. The highest BCUT2D eigenvalue weighted by molar-refractivity contribution is 9.10. The number of fused-ring (bicyclic) bond motifs is 2. The van der Waals surface area contributed by atoms with Crippen LogP contribution in [0, 0.1) is 12.3 Å². The van der Waals surface area contributed by atoms with Gasteiger partial charge in [0, 0.05) is 55.2 Å². The number of Topliss-reactive ketones (excluding diaryl/α,β-unsaturated/α-hetero) is 1. The van der Waals surface area contributed by atoms with Crippen LogP contribution in [0.2, 0.25) is 0 Å². The molecule has 4 heterocycles. The molecular formula is C30H29BrN8O4. The number of hydrogen-bond acceptors (Lipinski definition) is 8. The van der Waals surface area contributed by atoms with Gasteiger partial charge in [-0.3, -0.25) is 23.9 Å². The fourth-order valence-corrected chi connectivity index (χ4v) is 6.29. The third-order valence-corrected chi connectivity index (χ3v) is 8.59. The summed E-state index contributed by atoms with van der Waals surface area (Å²) in [6.07, 6.45) is 4.52. The van der Waals surface area contributed by atoms with Gasteiger partial charge in [0.1, 0.15) is 34.5 Å². The molecule has 2 aliphatic rings. The summed E-state index contributed by atoms with van der Waals surface area (Å²) in [5, 5.41) is 10.8. The molecule has 12 nitrogen and oxygen atoms in total. The van der Waals surface area contributed by atoms with Gasteiger partial charge < -0.3 is 15.5 Å². The van der Waals surface area contributed by atoms with Crippen LogP contribution in [0.1, 0.15) is 43.0 Å². The van der Waals surface area contributed by atoms with Crippen molar-refractivity contribution in [2.24, 2.45) is 5.41 Å². The predicted octanol–water partition coefficient (Wildman–Crippen LogP) is 3.30. The molecule has 1 aliphatic carbocycles. The van der Waals surface area contributed by atoms with E-state index in [4.69, 9.17) is 0 Å². The van der Waals surface area contributed by atoms with Crippen molar-refractivity contribution in [3.63, 3.8) is 0 Å². The summed E-state index contributed by atoms with van der Waals surface area (Å²) in [6, 6.07) is 9.76. The fourth-order valence-electron chi connectivity index (χ4n) is 5.95. The average molecular weight is 646 g/mol. The summed E-state index contributed by atoms with van der Waals surface area (Å²) in [5.74, 6) is -0.0371. The number of benzene rings is 1. The third-order valence-electron chi connectivity index (χ3n) is 8.15. The van der Waals surface area contributed by atoms with Gasteiger partial charge in [-0.1, -0.05) is 12.1 Å². The Morgan fingerprint density at radius 2 is 1.81 bits per heavy atom. The summed E-state index contributed by atoms with van der Waals surface area (Å²) in [5.41, 5.74) is 2.10. The largest absolute Gasteiger partial charge is 0.356 e. The van der Waals surface area contributed by atoms with Gasteiger partial charge in [-0.25, -0.2) is 15.0 Å². The first-order valence-corrected chi connectivity index (χ1v) is 14.6. The van der Waals surface area contributed by atoms with E-state index in [1.54, 1.807) is 42.4 Å². The van der Waals surface area contributed by atoms with Crippen LogP contribution in [0.25, 0.3) is 22.0 Å². The van der Waals surface area contributed by atoms with Gasteiger partial charge in [-0.05, 0) is 65.5 Å². The predicted molar refractivity (Wildman–Crippen MR) is 161 cm³/mol. The molecule has 13 heteroatoms.